The highest BCUT2D eigenvalue weighted by Gasteiger charge is 2.20. The summed E-state index contributed by atoms with van der Waals surface area (Å²) in [5.74, 6) is 0.715. The summed E-state index contributed by atoms with van der Waals surface area (Å²) in [6, 6.07) is 10.3. The maximum absolute atomic E-state index is 14.5. The van der Waals surface area contributed by atoms with Crippen LogP contribution in [0.2, 0.25) is 0 Å². The molecule has 0 saturated heterocycles. The molecule has 0 radical (unpaired) electrons. The van der Waals surface area contributed by atoms with Crippen molar-refractivity contribution < 1.29 is 8.78 Å². The average Bonchev–Trinajstić information content (AvgIpc) is 2.51. The van der Waals surface area contributed by atoms with Crippen LogP contribution in [0.15, 0.2) is 36.4 Å². The van der Waals surface area contributed by atoms with Crippen LogP contribution in [-0.2, 0) is 0 Å². The first-order valence-corrected chi connectivity index (χ1v) is 8.10. The van der Waals surface area contributed by atoms with Crippen LogP contribution in [0.1, 0.15) is 57.1 Å². The molecule has 0 heterocycles. The fourth-order valence-corrected chi connectivity index (χ4v) is 3.37. The maximum atomic E-state index is 14.5. The van der Waals surface area contributed by atoms with Crippen molar-refractivity contribution in [2.24, 2.45) is 5.92 Å². The van der Waals surface area contributed by atoms with Gasteiger partial charge in [-0.1, -0.05) is 51.5 Å². The number of hydrogen-bond donors (Lipinski definition) is 0. The lowest BCUT2D eigenvalue weighted by molar-refractivity contribution is 0.347. The summed E-state index contributed by atoms with van der Waals surface area (Å²) >= 11 is 0. The molecular weight excluding hydrogens is 290 g/mol. The van der Waals surface area contributed by atoms with Gasteiger partial charge in [-0.3, -0.25) is 0 Å². The van der Waals surface area contributed by atoms with Gasteiger partial charge in [0.1, 0.15) is 11.6 Å². The minimum atomic E-state index is -0.290. The van der Waals surface area contributed by atoms with Crippen molar-refractivity contribution >= 4 is 0 Å². The van der Waals surface area contributed by atoms with E-state index in [0.717, 1.165) is 24.3 Å². The van der Waals surface area contributed by atoms with E-state index >= 15 is 0 Å². The van der Waals surface area contributed by atoms with E-state index in [1.54, 1.807) is 31.2 Å². The van der Waals surface area contributed by atoms with Gasteiger partial charge in [-0.05, 0) is 60.4 Å². The molecule has 0 aliphatic heterocycles. The van der Waals surface area contributed by atoms with E-state index in [1.807, 2.05) is 6.07 Å². The van der Waals surface area contributed by atoms with Crippen molar-refractivity contribution in [3.8, 4) is 11.1 Å². The Bertz CT molecular complexity index is 668. The summed E-state index contributed by atoms with van der Waals surface area (Å²) in [5.41, 5.74) is 2.74. The second kappa shape index (κ2) is 7.25. The first-order valence-electron chi connectivity index (χ1n) is 8.10. The third-order valence-electron chi connectivity index (χ3n) is 4.96. The van der Waals surface area contributed by atoms with Crippen molar-refractivity contribution in [3.05, 3.63) is 59.2 Å². The zero-order valence-electron chi connectivity index (χ0n) is 13.2. The van der Waals surface area contributed by atoms with Crippen LogP contribution >= 0.6 is 0 Å². The van der Waals surface area contributed by atoms with Crippen LogP contribution in [0.5, 0.6) is 0 Å². The van der Waals surface area contributed by atoms with Crippen LogP contribution in [0.25, 0.3) is 11.1 Å². The van der Waals surface area contributed by atoms with E-state index in [9.17, 15) is 8.78 Å². The second-order valence-corrected chi connectivity index (χ2v) is 6.66. The predicted octanol–water partition coefficient (Wildman–Crippen LogP) is 6.87. The van der Waals surface area contributed by atoms with E-state index in [2.05, 4.69) is 6.92 Å². The van der Waals surface area contributed by atoms with Gasteiger partial charge < -0.3 is 0 Å². The third-order valence-corrected chi connectivity index (χ3v) is 4.96. The lowest BCUT2D eigenvalue weighted by atomic mass is 9.79. The molecule has 0 unspecified atom stereocenters. The summed E-state index contributed by atoms with van der Waals surface area (Å²) in [5, 5.41) is 0. The minimum absolute atomic E-state index is 0. The number of halogens is 2. The van der Waals surface area contributed by atoms with Crippen molar-refractivity contribution in [2.75, 3.05) is 0 Å². The highest BCUT2D eigenvalue weighted by atomic mass is 19.1. The number of hydrogen-bond acceptors (Lipinski definition) is 0. The third kappa shape index (κ3) is 3.80. The normalized spacial score (nSPS) is 20.9. The van der Waals surface area contributed by atoms with E-state index in [0.29, 0.717) is 22.6 Å². The monoisotopic (exact) mass is 316 g/mol. The van der Waals surface area contributed by atoms with Crippen molar-refractivity contribution in [1.29, 1.82) is 0 Å². The highest BCUT2D eigenvalue weighted by molar-refractivity contribution is 5.65. The molecule has 3 rings (SSSR count). The largest absolute Gasteiger partial charge is 0.207 e. The van der Waals surface area contributed by atoms with Gasteiger partial charge in [0.2, 0.25) is 0 Å². The fraction of sp³-hybridized carbons (Fsp3) is 0.429. The molecule has 124 valence electrons. The Kier molecular flexibility index (Phi) is 5.56. The fourth-order valence-electron chi connectivity index (χ4n) is 3.37. The van der Waals surface area contributed by atoms with Crippen LogP contribution in [0.3, 0.4) is 0 Å². The van der Waals surface area contributed by atoms with E-state index in [4.69, 9.17) is 0 Å². The number of rotatable bonds is 2. The SMILES string of the molecule is C.Cc1ccc(-c2ccc(C3CCC(C)CC3)cc2F)cc1F. The van der Waals surface area contributed by atoms with Crippen LogP contribution < -0.4 is 0 Å². The summed E-state index contributed by atoms with van der Waals surface area (Å²) in [7, 11) is 0. The molecule has 2 heteroatoms. The lowest BCUT2D eigenvalue weighted by Gasteiger charge is -2.26. The van der Waals surface area contributed by atoms with E-state index in [1.165, 1.54) is 18.9 Å². The van der Waals surface area contributed by atoms with Crippen molar-refractivity contribution in [2.45, 2.75) is 52.9 Å². The summed E-state index contributed by atoms with van der Waals surface area (Å²) < 4.78 is 28.2. The van der Waals surface area contributed by atoms with Crippen molar-refractivity contribution in [1.82, 2.24) is 0 Å². The highest BCUT2D eigenvalue weighted by Crippen LogP contribution is 2.37. The second-order valence-electron chi connectivity index (χ2n) is 6.66. The summed E-state index contributed by atoms with van der Waals surface area (Å²) in [6.45, 7) is 3.99. The molecule has 0 N–H and O–H groups in total. The van der Waals surface area contributed by atoms with Gasteiger partial charge in [-0.25, -0.2) is 8.78 Å². The Hall–Kier alpha value is -1.70. The van der Waals surface area contributed by atoms with Crippen LogP contribution in [-0.4, -0.2) is 0 Å². The Labute approximate surface area is 138 Å². The molecule has 0 nitrogen and oxygen atoms in total. The molecule has 0 amide bonds. The molecular formula is C21H26F2. The summed E-state index contributed by atoms with van der Waals surface area (Å²) in [6.07, 6.45) is 4.71. The first kappa shape index (κ1) is 17.7. The molecule has 1 saturated carbocycles. The predicted molar refractivity (Wildman–Crippen MR) is 93.6 cm³/mol. The smallest absolute Gasteiger partial charge is 0.131 e. The number of aryl methyl sites for hydroxylation is 1. The maximum Gasteiger partial charge on any atom is 0.131 e. The Morgan fingerprint density at radius 2 is 1.57 bits per heavy atom. The molecule has 1 fully saturated rings. The molecule has 0 aromatic heterocycles. The van der Waals surface area contributed by atoms with Gasteiger partial charge in [0.25, 0.3) is 0 Å². The van der Waals surface area contributed by atoms with Crippen LogP contribution in [0.4, 0.5) is 8.78 Å². The Morgan fingerprint density at radius 1 is 0.870 bits per heavy atom. The standard InChI is InChI=1S/C20H22F2.CH4/c1-13-3-6-15(7-4-13)16-9-10-18(20(22)11-16)17-8-5-14(2)19(21)12-17;/h5,8-13,15H,3-4,6-7H2,1-2H3;1H4. The molecule has 0 bridgehead atoms. The van der Waals surface area contributed by atoms with Gasteiger partial charge in [0.05, 0.1) is 0 Å². The molecule has 2 aromatic rings. The first-order chi connectivity index (χ1) is 10.5. The zero-order valence-corrected chi connectivity index (χ0v) is 13.2. The molecule has 1 aliphatic carbocycles. The molecule has 0 spiro atoms. The van der Waals surface area contributed by atoms with E-state index in [-0.39, 0.29) is 19.1 Å². The molecule has 23 heavy (non-hydrogen) atoms. The van der Waals surface area contributed by atoms with Crippen LogP contribution in [0, 0.1) is 24.5 Å². The zero-order chi connectivity index (χ0) is 15.7. The van der Waals surface area contributed by atoms with Crippen molar-refractivity contribution in [3.63, 3.8) is 0 Å². The van der Waals surface area contributed by atoms with Gasteiger partial charge in [0, 0.05) is 5.56 Å². The molecule has 0 atom stereocenters. The Morgan fingerprint density at radius 3 is 2.17 bits per heavy atom. The van der Waals surface area contributed by atoms with Gasteiger partial charge >= 0.3 is 0 Å². The van der Waals surface area contributed by atoms with Gasteiger partial charge in [-0.15, -0.1) is 0 Å². The Balaban J connectivity index is 0.00000192. The van der Waals surface area contributed by atoms with E-state index < -0.39 is 0 Å². The number of benzene rings is 2. The van der Waals surface area contributed by atoms with Gasteiger partial charge in [-0.2, -0.15) is 0 Å². The molecule has 1 aliphatic rings. The average molecular weight is 316 g/mol. The molecule has 2 aromatic carbocycles. The summed E-state index contributed by atoms with van der Waals surface area (Å²) in [4.78, 5) is 0. The topological polar surface area (TPSA) is 0 Å². The quantitative estimate of drug-likeness (QED) is 0.567. The van der Waals surface area contributed by atoms with Gasteiger partial charge in [0.15, 0.2) is 0 Å². The lowest BCUT2D eigenvalue weighted by Crippen LogP contribution is -2.11. The minimum Gasteiger partial charge on any atom is -0.207 e.